The van der Waals surface area contributed by atoms with Crippen LogP contribution in [0.1, 0.15) is 6.92 Å². The normalized spacial score (nSPS) is 21.5. The first-order valence-corrected chi connectivity index (χ1v) is 3.83. The third-order valence-electron chi connectivity index (χ3n) is 2.09. The van der Waals surface area contributed by atoms with Crippen LogP contribution in [0.5, 0.6) is 0 Å². The Labute approximate surface area is 75.2 Å². The second kappa shape index (κ2) is 3.14. The number of ketones is 1. The van der Waals surface area contributed by atoms with E-state index in [4.69, 9.17) is 5.11 Å². The molecule has 0 bridgehead atoms. The lowest BCUT2D eigenvalue weighted by atomic mass is 9.85. The van der Waals surface area contributed by atoms with Crippen LogP contribution in [0, 0.1) is 5.92 Å². The molecule has 0 radical (unpaired) electrons. The van der Waals surface area contributed by atoms with E-state index in [1.165, 1.54) is 31.2 Å². The number of rotatable bonds is 2. The van der Waals surface area contributed by atoms with Crippen LogP contribution in [-0.2, 0) is 9.59 Å². The second-order valence-corrected chi connectivity index (χ2v) is 3.02. The maximum atomic E-state index is 10.7. The highest BCUT2D eigenvalue weighted by Crippen LogP contribution is 2.23. The minimum absolute atomic E-state index is 0.248. The summed E-state index contributed by atoms with van der Waals surface area (Å²) in [5, 5.41) is 18.4. The van der Waals surface area contributed by atoms with Crippen LogP contribution in [0.25, 0.3) is 0 Å². The molecule has 0 saturated carbocycles. The van der Waals surface area contributed by atoms with E-state index in [-0.39, 0.29) is 5.78 Å². The van der Waals surface area contributed by atoms with Crippen molar-refractivity contribution in [3.63, 3.8) is 0 Å². The summed E-state index contributed by atoms with van der Waals surface area (Å²) in [5.74, 6) is -2.32. The summed E-state index contributed by atoms with van der Waals surface area (Å²) in [6.45, 7) is 1.38. The Bertz CT molecular complexity index is 285. The third-order valence-corrected chi connectivity index (χ3v) is 2.09. The number of hydrogen-bond donors (Lipinski definition) is 2. The highest BCUT2D eigenvalue weighted by Gasteiger charge is 2.35. The summed E-state index contributed by atoms with van der Waals surface area (Å²) in [6, 6.07) is 0. The van der Waals surface area contributed by atoms with Gasteiger partial charge in [-0.3, -0.25) is 9.59 Å². The lowest BCUT2D eigenvalue weighted by molar-refractivity contribution is -0.146. The molecule has 0 aliphatic heterocycles. The first kappa shape index (κ1) is 9.67. The van der Waals surface area contributed by atoms with Crippen LogP contribution in [0.15, 0.2) is 24.3 Å². The first-order valence-electron chi connectivity index (χ1n) is 3.83. The van der Waals surface area contributed by atoms with Crippen molar-refractivity contribution < 1.29 is 19.8 Å². The summed E-state index contributed by atoms with van der Waals surface area (Å²) in [6.07, 6.45) is 4.74. The van der Waals surface area contributed by atoms with E-state index in [2.05, 4.69) is 0 Å². The summed E-state index contributed by atoms with van der Waals surface area (Å²) < 4.78 is 0. The van der Waals surface area contributed by atoms with Gasteiger partial charge in [-0.2, -0.15) is 0 Å². The highest BCUT2D eigenvalue weighted by atomic mass is 16.4. The molecule has 0 saturated heterocycles. The first-order chi connectivity index (χ1) is 5.96. The lowest BCUT2D eigenvalue weighted by Gasteiger charge is -2.26. The molecule has 2 N–H and O–H groups in total. The molecule has 1 atom stereocenters. The number of carboxylic acid groups (broad SMARTS) is 1. The van der Waals surface area contributed by atoms with Crippen LogP contribution in [-0.4, -0.2) is 27.6 Å². The van der Waals surface area contributed by atoms with Crippen molar-refractivity contribution >= 4 is 11.8 Å². The average Bonchev–Trinajstić information content (AvgIpc) is 2.09. The van der Waals surface area contributed by atoms with Gasteiger partial charge in [-0.05, 0) is 31.2 Å². The number of carbonyl (C=O) groups excluding carboxylic acids is 1. The zero-order chi connectivity index (χ0) is 10.1. The number of carboxylic acids is 1. The Morgan fingerprint density at radius 2 is 1.92 bits per heavy atom. The number of aliphatic carboxylic acids is 1. The van der Waals surface area contributed by atoms with Gasteiger partial charge in [0.15, 0.2) is 5.78 Å². The Morgan fingerprint density at radius 1 is 1.46 bits per heavy atom. The van der Waals surface area contributed by atoms with Crippen molar-refractivity contribution in [1.29, 1.82) is 0 Å². The fourth-order valence-corrected chi connectivity index (χ4v) is 1.03. The molecule has 0 aromatic rings. The SMILES string of the molecule is CC(C(=O)O)C1(O)C=CC(=O)C=C1. The fraction of sp³-hybridized carbons (Fsp3) is 0.333. The maximum absolute atomic E-state index is 10.7. The van der Waals surface area contributed by atoms with E-state index in [0.29, 0.717) is 0 Å². The second-order valence-electron chi connectivity index (χ2n) is 3.02. The summed E-state index contributed by atoms with van der Waals surface area (Å²) in [4.78, 5) is 21.3. The van der Waals surface area contributed by atoms with Gasteiger partial charge in [-0.1, -0.05) is 0 Å². The van der Waals surface area contributed by atoms with Crippen molar-refractivity contribution in [2.45, 2.75) is 12.5 Å². The minimum Gasteiger partial charge on any atom is -0.481 e. The molecular weight excluding hydrogens is 172 g/mol. The molecular formula is C9H10O4. The number of carbonyl (C=O) groups is 2. The standard InChI is InChI=1S/C9H10O4/c1-6(8(11)12)9(13)4-2-7(10)3-5-9/h2-6,13H,1H3,(H,11,12). The molecule has 0 spiro atoms. The molecule has 0 heterocycles. The molecule has 0 aromatic heterocycles. The largest absolute Gasteiger partial charge is 0.481 e. The van der Waals surface area contributed by atoms with Crippen molar-refractivity contribution in [3.05, 3.63) is 24.3 Å². The summed E-state index contributed by atoms with van der Waals surface area (Å²) >= 11 is 0. The third kappa shape index (κ3) is 1.84. The van der Waals surface area contributed by atoms with Crippen LogP contribution in [0.4, 0.5) is 0 Å². The zero-order valence-corrected chi connectivity index (χ0v) is 7.10. The van der Waals surface area contributed by atoms with Crippen molar-refractivity contribution in [3.8, 4) is 0 Å². The average molecular weight is 182 g/mol. The Kier molecular flexibility index (Phi) is 2.34. The van der Waals surface area contributed by atoms with Gasteiger partial charge in [0.2, 0.25) is 0 Å². The van der Waals surface area contributed by atoms with Crippen LogP contribution in [0.2, 0.25) is 0 Å². The van der Waals surface area contributed by atoms with Gasteiger partial charge in [0.05, 0.1) is 5.92 Å². The fourth-order valence-electron chi connectivity index (χ4n) is 1.03. The quantitative estimate of drug-likeness (QED) is 0.636. The van der Waals surface area contributed by atoms with Gasteiger partial charge < -0.3 is 10.2 Å². The van der Waals surface area contributed by atoms with Gasteiger partial charge in [-0.25, -0.2) is 0 Å². The van der Waals surface area contributed by atoms with E-state index >= 15 is 0 Å². The number of hydrogen-bond acceptors (Lipinski definition) is 3. The molecule has 0 aromatic carbocycles. The highest BCUT2D eigenvalue weighted by molar-refractivity contribution is 6.00. The van der Waals surface area contributed by atoms with Gasteiger partial charge in [0.1, 0.15) is 5.60 Å². The number of aliphatic hydroxyl groups is 1. The number of allylic oxidation sites excluding steroid dienone is 2. The summed E-state index contributed by atoms with van der Waals surface area (Å²) in [7, 11) is 0. The van der Waals surface area contributed by atoms with Crippen LogP contribution < -0.4 is 0 Å². The molecule has 70 valence electrons. The molecule has 1 unspecified atom stereocenters. The van der Waals surface area contributed by atoms with Crippen molar-refractivity contribution in [1.82, 2.24) is 0 Å². The molecule has 1 aliphatic carbocycles. The lowest BCUT2D eigenvalue weighted by Crippen LogP contribution is -2.38. The van der Waals surface area contributed by atoms with Crippen LogP contribution >= 0.6 is 0 Å². The predicted molar refractivity (Wildman–Crippen MR) is 45.0 cm³/mol. The molecule has 0 amide bonds. The van der Waals surface area contributed by atoms with Crippen molar-refractivity contribution in [2.24, 2.45) is 5.92 Å². The molecule has 1 rings (SSSR count). The Balaban J connectivity index is 2.90. The monoisotopic (exact) mass is 182 g/mol. The van der Waals surface area contributed by atoms with E-state index in [0.717, 1.165) is 0 Å². The maximum Gasteiger partial charge on any atom is 0.309 e. The minimum atomic E-state index is -1.54. The van der Waals surface area contributed by atoms with E-state index < -0.39 is 17.5 Å². The topological polar surface area (TPSA) is 74.6 Å². The molecule has 1 aliphatic rings. The van der Waals surface area contributed by atoms with E-state index in [1.54, 1.807) is 0 Å². The van der Waals surface area contributed by atoms with Gasteiger partial charge >= 0.3 is 5.97 Å². The van der Waals surface area contributed by atoms with Crippen LogP contribution in [0.3, 0.4) is 0 Å². The van der Waals surface area contributed by atoms with E-state index in [9.17, 15) is 14.7 Å². The van der Waals surface area contributed by atoms with Crippen molar-refractivity contribution in [2.75, 3.05) is 0 Å². The smallest absolute Gasteiger partial charge is 0.309 e. The Hall–Kier alpha value is -1.42. The van der Waals surface area contributed by atoms with Gasteiger partial charge in [0, 0.05) is 0 Å². The zero-order valence-electron chi connectivity index (χ0n) is 7.10. The Morgan fingerprint density at radius 3 is 2.31 bits per heavy atom. The molecule has 13 heavy (non-hydrogen) atoms. The van der Waals surface area contributed by atoms with E-state index in [1.807, 2.05) is 0 Å². The summed E-state index contributed by atoms with van der Waals surface area (Å²) in [5.41, 5.74) is -1.54. The predicted octanol–water partition coefficient (Wildman–Crippen LogP) is 0.133. The molecule has 4 nitrogen and oxygen atoms in total. The molecule has 0 fully saturated rings. The van der Waals surface area contributed by atoms with Gasteiger partial charge in [0.25, 0.3) is 0 Å². The van der Waals surface area contributed by atoms with Gasteiger partial charge in [-0.15, -0.1) is 0 Å². The molecule has 4 heteroatoms.